The molecule has 0 radical (unpaired) electrons. The molecule has 0 saturated heterocycles. The average Bonchev–Trinajstić information content (AvgIpc) is 2.39. The van der Waals surface area contributed by atoms with Gasteiger partial charge in [-0.2, -0.15) is 0 Å². The fourth-order valence-electron chi connectivity index (χ4n) is 1.78. The Balaban J connectivity index is 2.38. The van der Waals surface area contributed by atoms with Crippen molar-refractivity contribution in [2.45, 2.75) is 19.9 Å². The van der Waals surface area contributed by atoms with E-state index in [4.69, 9.17) is 0 Å². The second kappa shape index (κ2) is 5.06. The lowest BCUT2D eigenvalue weighted by Gasteiger charge is -2.13. The lowest BCUT2D eigenvalue weighted by molar-refractivity contribution is 0.641. The van der Waals surface area contributed by atoms with Crippen LogP contribution in [0.15, 0.2) is 36.5 Å². The molecule has 1 heterocycles. The van der Waals surface area contributed by atoms with Gasteiger partial charge in [0.2, 0.25) is 0 Å². The van der Waals surface area contributed by atoms with Gasteiger partial charge in [-0.05, 0) is 20.9 Å². The molecule has 0 spiro atoms. The Kier molecular flexibility index (Phi) is 3.49. The molecule has 0 bridgehead atoms. The fourth-order valence-corrected chi connectivity index (χ4v) is 1.78. The van der Waals surface area contributed by atoms with E-state index in [1.54, 1.807) is 0 Å². The predicted molar refractivity (Wildman–Crippen MR) is 69.7 cm³/mol. The van der Waals surface area contributed by atoms with E-state index >= 15 is 0 Å². The molecule has 17 heavy (non-hydrogen) atoms. The third kappa shape index (κ3) is 2.50. The molecule has 1 N–H and O–H groups in total. The fraction of sp³-hybridized carbons (Fsp3) is 0.286. The topological polar surface area (TPSA) is 37.8 Å². The number of hydrogen-bond acceptors (Lipinski definition) is 3. The zero-order chi connectivity index (χ0) is 12.3. The Hall–Kier alpha value is -1.74. The smallest absolute Gasteiger partial charge is 0.159 e. The third-order valence-electron chi connectivity index (χ3n) is 2.95. The van der Waals surface area contributed by atoms with Gasteiger partial charge in [0.15, 0.2) is 5.82 Å². The molecule has 1 aromatic carbocycles. The molecular formula is C14H17N3. The minimum atomic E-state index is 0.278. The minimum Gasteiger partial charge on any atom is -0.313 e. The standard InChI is InChI=1S/C14H17N3/c1-10(15-3)13-9-16-14(17-11(13)2)12-7-5-4-6-8-12/h4-10,15H,1-3H3. The Labute approximate surface area is 102 Å². The van der Waals surface area contributed by atoms with Crippen molar-refractivity contribution in [1.82, 2.24) is 15.3 Å². The molecule has 0 fully saturated rings. The van der Waals surface area contributed by atoms with Crippen molar-refractivity contribution in [3.05, 3.63) is 47.8 Å². The van der Waals surface area contributed by atoms with Gasteiger partial charge in [-0.1, -0.05) is 30.3 Å². The number of aryl methyl sites for hydroxylation is 1. The lowest BCUT2D eigenvalue weighted by Crippen LogP contribution is -2.14. The average molecular weight is 227 g/mol. The summed E-state index contributed by atoms with van der Waals surface area (Å²) in [6.45, 7) is 4.13. The molecular weight excluding hydrogens is 210 g/mol. The monoisotopic (exact) mass is 227 g/mol. The van der Waals surface area contributed by atoms with E-state index in [9.17, 15) is 0 Å². The molecule has 1 aromatic heterocycles. The van der Waals surface area contributed by atoms with E-state index < -0.39 is 0 Å². The van der Waals surface area contributed by atoms with E-state index in [-0.39, 0.29) is 6.04 Å². The molecule has 0 aliphatic heterocycles. The van der Waals surface area contributed by atoms with Crippen LogP contribution in [-0.4, -0.2) is 17.0 Å². The quantitative estimate of drug-likeness (QED) is 0.876. The first kappa shape index (κ1) is 11.7. The molecule has 0 aliphatic carbocycles. The van der Waals surface area contributed by atoms with E-state index in [0.29, 0.717) is 0 Å². The maximum Gasteiger partial charge on any atom is 0.159 e. The normalized spacial score (nSPS) is 12.4. The highest BCUT2D eigenvalue weighted by Gasteiger charge is 2.09. The van der Waals surface area contributed by atoms with E-state index in [0.717, 1.165) is 22.6 Å². The van der Waals surface area contributed by atoms with Crippen LogP contribution in [0.3, 0.4) is 0 Å². The summed E-state index contributed by atoms with van der Waals surface area (Å²) in [5, 5.41) is 3.20. The van der Waals surface area contributed by atoms with Gasteiger partial charge in [0, 0.05) is 29.1 Å². The first-order chi connectivity index (χ1) is 8.22. The molecule has 0 saturated carbocycles. The Morgan fingerprint density at radius 1 is 1.18 bits per heavy atom. The first-order valence-electron chi connectivity index (χ1n) is 5.78. The lowest BCUT2D eigenvalue weighted by atomic mass is 10.1. The van der Waals surface area contributed by atoms with Gasteiger partial charge in [0.1, 0.15) is 0 Å². The van der Waals surface area contributed by atoms with Gasteiger partial charge >= 0.3 is 0 Å². The third-order valence-corrected chi connectivity index (χ3v) is 2.95. The SMILES string of the molecule is CNC(C)c1cnc(-c2ccccc2)nc1C. The molecule has 2 rings (SSSR count). The zero-order valence-electron chi connectivity index (χ0n) is 10.4. The van der Waals surface area contributed by atoms with Crippen LogP contribution in [0, 0.1) is 6.92 Å². The summed E-state index contributed by atoms with van der Waals surface area (Å²) in [4.78, 5) is 8.99. The summed E-state index contributed by atoms with van der Waals surface area (Å²) in [5.74, 6) is 0.787. The molecule has 88 valence electrons. The molecule has 3 heteroatoms. The van der Waals surface area contributed by atoms with Crippen molar-refractivity contribution in [1.29, 1.82) is 0 Å². The van der Waals surface area contributed by atoms with Crippen molar-refractivity contribution in [2.24, 2.45) is 0 Å². The summed E-state index contributed by atoms with van der Waals surface area (Å²) in [6, 6.07) is 10.3. The van der Waals surface area contributed by atoms with E-state index in [1.165, 1.54) is 0 Å². The highest BCUT2D eigenvalue weighted by atomic mass is 14.9. The number of rotatable bonds is 3. The van der Waals surface area contributed by atoms with Crippen molar-refractivity contribution >= 4 is 0 Å². The van der Waals surface area contributed by atoms with Gasteiger partial charge in [0.25, 0.3) is 0 Å². The van der Waals surface area contributed by atoms with Crippen molar-refractivity contribution < 1.29 is 0 Å². The number of hydrogen-bond donors (Lipinski definition) is 1. The predicted octanol–water partition coefficient (Wildman–Crippen LogP) is 2.73. The second-order valence-corrected chi connectivity index (χ2v) is 4.11. The van der Waals surface area contributed by atoms with Crippen LogP contribution in [0.25, 0.3) is 11.4 Å². The number of benzene rings is 1. The Morgan fingerprint density at radius 3 is 2.47 bits per heavy atom. The van der Waals surface area contributed by atoms with Gasteiger partial charge in [-0.25, -0.2) is 9.97 Å². The molecule has 0 aliphatic rings. The van der Waals surface area contributed by atoms with Gasteiger partial charge in [-0.15, -0.1) is 0 Å². The largest absolute Gasteiger partial charge is 0.313 e. The maximum absolute atomic E-state index is 4.56. The number of aromatic nitrogens is 2. The van der Waals surface area contributed by atoms with Gasteiger partial charge in [0.05, 0.1) is 0 Å². The maximum atomic E-state index is 4.56. The summed E-state index contributed by atoms with van der Waals surface area (Å²) < 4.78 is 0. The highest BCUT2D eigenvalue weighted by molar-refractivity contribution is 5.54. The number of nitrogens with one attached hydrogen (secondary N) is 1. The molecule has 1 unspecified atom stereocenters. The van der Waals surface area contributed by atoms with Gasteiger partial charge in [-0.3, -0.25) is 0 Å². The summed E-state index contributed by atoms with van der Waals surface area (Å²) in [6.07, 6.45) is 1.91. The number of nitrogens with zero attached hydrogens (tertiary/aromatic N) is 2. The van der Waals surface area contributed by atoms with Gasteiger partial charge < -0.3 is 5.32 Å². The van der Waals surface area contributed by atoms with Crippen LogP contribution in [0.2, 0.25) is 0 Å². The molecule has 1 atom stereocenters. The summed E-state index contributed by atoms with van der Waals surface area (Å²) in [5.41, 5.74) is 3.23. The van der Waals surface area contributed by atoms with Crippen LogP contribution in [0.4, 0.5) is 0 Å². The second-order valence-electron chi connectivity index (χ2n) is 4.11. The van der Waals surface area contributed by atoms with Crippen LogP contribution >= 0.6 is 0 Å². The van der Waals surface area contributed by atoms with Crippen molar-refractivity contribution in [3.8, 4) is 11.4 Å². The van der Waals surface area contributed by atoms with Crippen LogP contribution in [0.5, 0.6) is 0 Å². The van der Waals surface area contributed by atoms with E-state index in [1.807, 2.05) is 50.5 Å². The van der Waals surface area contributed by atoms with Crippen LogP contribution in [-0.2, 0) is 0 Å². The zero-order valence-corrected chi connectivity index (χ0v) is 10.4. The van der Waals surface area contributed by atoms with Crippen molar-refractivity contribution in [2.75, 3.05) is 7.05 Å². The summed E-state index contributed by atoms with van der Waals surface area (Å²) >= 11 is 0. The Morgan fingerprint density at radius 2 is 1.88 bits per heavy atom. The molecule has 2 aromatic rings. The Bertz CT molecular complexity index is 494. The summed E-state index contributed by atoms with van der Waals surface area (Å²) in [7, 11) is 1.94. The molecule has 0 amide bonds. The van der Waals surface area contributed by atoms with Crippen LogP contribution < -0.4 is 5.32 Å². The highest BCUT2D eigenvalue weighted by Crippen LogP contribution is 2.19. The minimum absolute atomic E-state index is 0.278. The van der Waals surface area contributed by atoms with E-state index in [2.05, 4.69) is 22.2 Å². The van der Waals surface area contributed by atoms with Crippen LogP contribution in [0.1, 0.15) is 24.2 Å². The van der Waals surface area contributed by atoms with Crippen molar-refractivity contribution in [3.63, 3.8) is 0 Å². The molecule has 3 nitrogen and oxygen atoms in total. The first-order valence-corrected chi connectivity index (χ1v) is 5.78.